The molecule has 0 radical (unpaired) electrons. The molecule has 0 bridgehead atoms. The fourth-order valence-electron chi connectivity index (χ4n) is 9.07. The predicted octanol–water partition coefficient (Wildman–Crippen LogP) is 7.96. The molecular weight excluding hydrogens is 646 g/mol. The summed E-state index contributed by atoms with van der Waals surface area (Å²) in [6.07, 6.45) is 4.54. The minimum atomic E-state index is -3.97. The van der Waals surface area contributed by atoms with Gasteiger partial charge in [0, 0.05) is 24.7 Å². The van der Waals surface area contributed by atoms with Crippen LogP contribution < -0.4 is 0 Å². The second-order valence-electron chi connectivity index (χ2n) is 14.4. The lowest BCUT2D eigenvalue weighted by Crippen LogP contribution is -2.66. The number of alkyl halides is 3. The Labute approximate surface area is 277 Å². The fraction of sp³-hybridized carbons (Fsp3) is 0.514. The van der Waals surface area contributed by atoms with Crippen LogP contribution in [-0.4, -0.2) is 40.7 Å². The number of carbonyl (C=O) groups excluding carboxylic acids is 1. The van der Waals surface area contributed by atoms with E-state index in [-0.39, 0.29) is 45.5 Å². The third kappa shape index (κ3) is 5.19. The van der Waals surface area contributed by atoms with E-state index in [0.29, 0.717) is 43.9 Å². The van der Waals surface area contributed by atoms with Gasteiger partial charge >= 0.3 is 0 Å². The smallest absolute Gasteiger partial charge is 0.281 e. The Morgan fingerprint density at radius 1 is 0.979 bits per heavy atom. The van der Waals surface area contributed by atoms with Gasteiger partial charge in [-0.2, -0.15) is 0 Å². The van der Waals surface area contributed by atoms with Crippen molar-refractivity contribution in [2.45, 2.75) is 112 Å². The number of rotatable bonds is 5. The summed E-state index contributed by atoms with van der Waals surface area (Å²) >= 11 is 0. The summed E-state index contributed by atoms with van der Waals surface area (Å²) in [4.78, 5) is 12.7. The Morgan fingerprint density at radius 2 is 1.62 bits per heavy atom. The maximum Gasteiger partial charge on any atom is 0.281 e. The number of fused-ring (bicyclic) bond motifs is 4. The molecule has 2 aromatic rings. The standard InChI is InChI=1S/C37H42F3O5S2/c1-22-6-14-28(15-7-22)47(44,45)23(2)46(43)27-12-8-24(9-13-27)31-21-34(3)32(18-19-37(34,42)35(4,38)36(5,39)40)30-16-10-25-20-26(41)11-17-29(25)33(30)31/h6-9,12-15,20,30-32,42H,10-11,16-19,21H2,1-5H3/q-1. The fourth-order valence-corrected chi connectivity index (χ4v) is 12.0. The molecule has 4 aliphatic rings. The third-order valence-corrected chi connectivity index (χ3v) is 15.9. The molecule has 47 heavy (non-hydrogen) atoms. The second kappa shape index (κ2) is 11.4. The number of aryl methyl sites for hydroxylation is 1. The Morgan fingerprint density at radius 3 is 2.23 bits per heavy atom. The van der Waals surface area contributed by atoms with Crippen molar-refractivity contribution in [1.29, 1.82) is 0 Å². The highest BCUT2D eigenvalue weighted by atomic mass is 32.2. The lowest BCUT2D eigenvalue weighted by molar-refractivity contribution is -0.252. The molecule has 0 aliphatic heterocycles. The van der Waals surface area contributed by atoms with Crippen LogP contribution in [0, 0.1) is 24.2 Å². The van der Waals surface area contributed by atoms with E-state index < -0.39 is 42.8 Å². The van der Waals surface area contributed by atoms with Crippen LogP contribution in [0.15, 0.2) is 81.1 Å². The van der Waals surface area contributed by atoms with Crippen LogP contribution in [0.2, 0.25) is 0 Å². The van der Waals surface area contributed by atoms with Crippen molar-refractivity contribution in [3.63, 3.8) is 0 Å². The summed E-state index contributed by atoms with van der Waals surface area (Å²) in [6, 6.07) is 13.2. The van der Waals surface area contributed by atoms with Crippen molar-refractivity contribution >= 4 is 30.2 Å². The van der Waals surface area contributed by atoms with Crippen LogP contribution in [-0.2, 0) is 29.2 Å². The minimum absolute atomic E-state index is 0.0590. The summed E-state index contributed by atoms with van der Waals surface area (Å²) in [5.74, 6) is -4.38. The van der Waals surface area contributed by atoms with Crippen molar-refractivity contribution < 1.29 is 35.7 Å². The van der Waals surface area contributed by atoms with Crippen molar-refractivity contribution in [3.05, 3.63) is 82.5 Å². The number of carbonyl (C=O) groups is 1. The van der Waals surface area contributed by atoms with Crippen LogP contribution in [0.25, 0.3) is 0 Å². The maximum absolute atomic E-state index is 16.3. The number of halogens is 3. The Balaban J connectivity index is 1.45. The van der Waals surface area contributed by atoms with E-state index in [1.807, 2.05) is 6.92 Å². The van der Waals surface area contributed by atoms with E-state index in [4.69, 9.17) is 0 Å². The van der Waals surface area contributed by atoms with Gasteiger partial charge in [0.15, 0.2) is 21.3 Å². The highest BCUT2D eigenvalue weighted by Crippen LogP contribution is 2.70. The van der Waals surface area contributed by atoms with Crippen LogP contribution in [0.4, 0.5) is 13.2 Å². The molecule has 2 aromatic carbocycles. The molecule has 2 saturated carbocycles. The molecule has 0 saturated heterocycles. The zero-order valence-electron chi connectivity index (χ0n) is 27.4. The minimum Gasteiger partial charge on any atom is -0.456 e. The predicted molar refractivity (Wildman–Crippen MR) is 177 cm³/mol. The zero-order valence-corrected chi connectivity index (χ0v) is 29.0. The van der Waals surface area contributed by atoms with Gasteiger partial charge in [-0.05, 0) is 103 Å². The molecule has 0 aromatic heterocycles. The van der Waals surface area contributed by atoms with Crippen molar-refractivity contribution in [2.24, 2.45) is 17.3 Å². The van der Waals surface area contributed by atoms with Crippen molar-refractivity contribution in [3.8, 4) is 0 Å². The van der Waals surface area contributed by atoms with Gasteiger partial charge in [0.1, 0.15) is 5.60 Å². The quantitative estimate of drug-likeness (QED) is 0.255. The van der Waals surface area contributed by atoms with Gasteiger partial charge in [0.2, 0.25) is 0 Å². The lowest BCUT2D eigenvalue weighted by atomic mass is 9.49. The first-order valence-corrected chi connectivity index (χ1v) is 18.9. The van der Waals surface area contributed by atoms with Crippen molar-refractivity contribution in [2.75, 3.05) is 0 Å². The monoisotopic (exact) mass is 687 g/mol. The summed E-state index contributed by atoms with van der Waals surface area (Å²) in [5, 5.41) is 12.1. The van der Waals surface area contributed by atoms with Crippen LogP contribution in [0.3, 0.4) is 0 Å². The molecule has 0 heterocycles. The molecule has 0 amide bonds. The molecule has 5 nitrogen and oxygen atoms in total. The second-order valence-corrected chi connectivity index (χ2v) is 18.4. The number of allylic oxidation sites excluding steroid dienone is 4. The highest BCUT2D eigenvalue weighted by molar-refractivity contribution is 8.18. The summed E-state index contributed by atoms with van der Waals surface area (Å²) in [6.45, 7) is 6.31. The van der Waals surface area contributed by atoms with Crippen molar-refractivity contribution in [1.82, 2.24) is 0 Å². The normalized spacial score (nSPS) is 31.7. The van der Waals surface area contributed by atoms with Gasteiger partial charge in [-0.25, -0.2) is 32.0 Å². The maximum atomic E-state index is 16.3. The SMILES string of the molecule is CC(=[S-](=O)c1ccc(C2CC3(C)C(CCC3(O)C(C)(F)C(C)(F)F)C3CCC4=CC(=O)CCC4=C23)cc1)S(=O)(=O)c1ccc(C)cc1. The van der Waals surface area contributed by atoms with E-state index in [1.54, 1.807) is 49.4 Å². The Bertz CT molecular complexity index is 1880. The Hall–Kier alpha value is -2.69. The number of sulfone groups is 1. The molecule has 6 rings (SSSR count). The first-order chi connectivity index (χ1) is 21.8. The van der Waals surface area contributed by atoms with Gasteiger partial charge in [-0.3, -0.25) is 4.79 Å². The van der Waals surface area contributed by atoms with Crippen LogP contribution in [0.1, 0.15) is 89.7 Å². The first-order valence-electron chi connectivity index (χ1n) is 16.3. The van der Waals surface area contributed by atoms with E-state index in [9.17, 15) is 31.3 Å². The number of hydrogen-bond acceptors (Lipinski definition) is 6. The lowest BCUT2D eigenvalue weighted by Gasteiger charge is -2.57. The van der Waals surface area contributed by atoms with Gasteiger partial charge in [0.05, 0.1) is 4.90 Å². The molecule has 0 spiro atoms. The molecular formula is C37H42F3O5S2-. The molecule has 1 N–H and O–H groups in total. The molecule has 6 atom stereocenters. The molecule has 4 aliphatic carbocycles. The van der Waals surface area contributed by atoms with E-state index in [1.165, 1.54) is 19.1 Å². The summed E-state index contributed by atoms with van der Waals surface area (Å²) in [7, 11) is -5.96. The van der Waals surface area contributed by atoms with E-state index >= 15 is 4.39 Å². The zero-order chi connectivity index (χ0) is 34.3. The molecule has 2 fully saturated rings. The summed E-state index contributed by atoms with van der Waals surface area (Å²) in [5.41, 5.74) is -1.73. The van der Waals surface area contributed by atoms with E-state index in [0.717, 1.165) is 34.8 Å². The number of hydrogen-bond donors (Lipinski definition) is 1. The van der Waals surface area contributed by atoms with Gasteiger partial charge < -0.3 is 9.32 Å². The Kier molecular flexibility index (Phi) is 8.32. The largest absolute Gasteiger partial charge is 0.456 e. The average Bonchev–Trinajstić information content (AvgIpc) is 3.30. The summed E-state index contributed by atoms with van der Waals surface area (Å²) < 4.78 is 85.9. The van der Waals surface area contributed by atoms with E-state index in [2.05, 4.69) is 0 Å². The van der Waals surface area contributed by atoms with Gasteiger partial charge in [-0.15, -0.1) is 4.90 Å². The molecule has 6 unspecified atom stereocenters. The molecule has 254 valence electrons. The highest BCUT2D eigenvalue weighted by Gasteiger charge is 2.73. The topological polar surface area (TPSA) is 88.5 Å². The number of ketones is 1. The number of aliphatic hydroxyl groups is 1. The van der Waals surface area contributed by atoms with Gasteiger partial charge in [-0.1, -0.05) is 61.4 Å². The van der Waals surface area contributed by atoms with Crippen LogP contribution >= 0.6 is 0 Å². The molecule has 10 heteroatoms. The third-order valence-electron chi connectivity index (χ3n) is 12.0. The van der Waals surface area contributed by atoms with Crippen LogP contribution in [0.5, 0.6) is 0 Å². The number of benzene rings is 2. The average molecular weight is 688 g/mol. The van der Waals surface area contributed by atoms with Gasteiger partial charge in [0.25, 0.3) is 5.92 Å². The first kappa shape index (κ1) is 34.2.